The summed E-state index contributed by atoms with van der Waals surface area (Å²) in [7, 11) is -2.92. The molecule has 2 rings (SSSR count). The summed E-state index contributed by atoms with van der Waals surface area (Å²) in [5.41, 5.74) is 6.24. The van der Waals surface area contributed by atoms with Crippen LogP contribution in [0, 0.1) is 0 Å². The molecule has 1 aliphatic heterocycles. The lowest BCUT2D eigenvalue weighted by atomic mass is 10.2. The maximum Gasteiger partial charge on any atom is 0.154 e. The van der Waals surface area contributed by atoms with Crippen molar-refractivity contribution in [2.24, 2.45) is 5.73 Å². The molecule has 3 N–H and O–H groups in total. The molecule has 1 aromatic heterocycles. The van der Waals surface area contributed by atoms with Gasteiger partial charge in [-0.2, -0.15) is 0 Å². The summed E-state index contributed by atoms with van der Waals surface area (Å²) >= 11 is 4.88. The molecule has 1 unspecified atom stereocenters. The zero-order valence-electron chi connectivity index (χ0n) is 9.80. The van der Waals surface area contributed by atoms with Crippen molar-refractivity contribution in [1.82, 2.24) is 4.98 Å². The Balaban J connectivity index is 2.02. The zero-order chi connectivity index (χ0) is 13.2. The molecule has 1 aliphatic rings. The van der Waals surface area contributed by atoms with Crippen LogP contribution in [0.25, 0.3) is 0 Å². The van der Waals surface area contributed by atoms with E-state index in [9.17, 15) is 8.42 Å². The SMILES string of the molecule is NC(=S)c1ccnc(NCC2CCCS2(=O)=O)c1. The van der Waals surface area contributed by atoms with E-state index < -0.39 is 9.84 Å². The second-order valence-corrected chi connectivity index (χ2v) is 7.15. The smallest absolute Gasteiger partial charge is 0.154 e. The lowest BCUT2D eigenvalue weighted by molar-refractivity contribution is 0.591. The monoisotopic (exact) mass is 285 g/mol. The fraction of sp³-hybridized carbons (Fsp3) is 0.455. The maximum absolute atomic E-state index is 11.7. The van der Waals surface area contributed by atoms with Crippen LogP contribution < -0.4 is 11.1 Å². The molecule has 2 heterocycles. The van der Waals surface area contributed by atoms with Crippen molar-refractivity contribution in [3.63, 3.8) is 0 Å². The van der Waals surface area contributed by atoms with Crippen molar-refractivity contribution in [1.29, 1.82) is 0 Å². The Hall–Kier alpha value is -1.21. The number of nitrogens with one attached hydrogen (secondary N) is 1. The highest BCUT2D eigenvalue weighted by Crippen LogP contribution is 2.20. The summed E-state index contributed by atoms with van der Waals surface area (Å²) in [4.78, 5) is 4.41. The van der Waals surface area contributed by atoms with Gasteiger partial charge in [0.25, 0.3) is 0 Å². The van der Waals surface area contributed by atoms with Crippen molar-refractivity contribution in [3.8, 4) is 0 Å². The average Bonchev–Trinajstić information content (AvgIpc) is 2.66. The Kier molecular flexibility index (Phi) is 3.82. The van der Waals surface area contributed by atoms with E-state index in [4.69, 9.17) is 18.0 Å². The summed E-state index contributed by atoms with van der Waals surface area (Å²) in [6, 6.07) is 3.45. The highest BCUT2D eigenvalue weighted by molar-refractivity contribution is 7.92. The van der Waals surface area contributed by atoms with E-state index in [2.05, 4.69) is 10.3 Å². The first kappa shape index (κ1) is 13.2. The van der Waals surface area contributed by atoms with Crippen LogP contribution in [0.1, 0.15) is 18.4 Å². The van der Waals surface area contributed by atoms with Crippen LogP contribution in [-0.2, 0) is 9.84 Å². The minimum absolute atomic E-state index is 0.291. The second-order valence-electron chi connectivity index (χ2n) is 4.31. The molecule has 18 heavy (non-hydrogen) atoms. The van der Waals surface area contributed by atoms with E-state index in [0.29, 0.717) is 29.5 Å². The zero-order valence-corrected chi connectivity index (χ0v) is 11.4. The first-order valence-electron chi connectivity index (χ1n) is 5.70. The molecule has 0 aliphatic carbocycles. The van der Waals surface area contributed by atoms with Gasteiger partial charge >= 0.3 is 0 Å². The van der Waals surface area contributed by atoms with Gasteiger partial charge in [0.1, 0.15) is 10.8 Å². The summed E-state index contributed by atoms with van der Waals surface area (Å²) in [5, 5.41) is 2.72. The van der Waals surface area contributed by atoms with Crippen LogP contribution >= 0.6 is 12.2 Å². The van der Waals surface area contributed by atoms with Gasteiger partial charge in [-0.15, -0.1) is 0 Å². The molecule has 5 nitrogen and oxygen atoms in total. The third-order valence-corrected chi connectivity index (χ3v) is 5.53. The lowest BCUT2D eigenvalue weighted by Crippen LogP contribution is -2.25. The van der Waals surface area contributed by atoms with Gasteiger partial charge < -0.3 is 11.1 Å². The quantitative estimate of drug-likeness (QED) is 0.792. The molecule has 1 fully saturated rings. The second kappa shape index (κ2) is 5.19. The van der Waals surface area contributed by atoms with Crippen LogP contribution in [0.5, 0.6) is 0 Å². The van der Waals surface area contributed by atoms with Crippen molar-refractivity contribution in [2.45, 2.75) is 18.1 Å². The van der Waals surface area contributed by atoms with Crippen LogP contribution in [0.4, 0.5) is 5.82 Å². The van der Waals surface area contributed by atoms with E-state index in [0.717, 1.165) is 12.0 Å². The summed E-state index contributed by atoms with van der Waals surface area (Å²) < 4.78 is 23.3. The molecule has 1 saturated heterocycles. The number of thiocarbonyl (C=S) groups is 1. The number of sulfone groups is 1. The number of hydrogen-bond acceptors (Lipinski definition) is 5. The summed E-state index contributed by atoms with van der Waals surface area (Å²) in [5.74, 6) is 0.891. The molecule has 0 aromatic carbocycles. The third-order valence-electron chi connectivity index (χ3n) is 3.02. The minimum atomic E-state index is -2.92. The molecule has 0 radical (unpaired) electrons. The molecule has 1 aromatic rings. The first-order chi connectivity index (χ1) is 8.49. The van der Waals surface area contributed by atoms with Crippen molar-refractivity contribution >= 4 is 32.9 Å². The van der Waals surface area contributed by atoms with E-state index in [1.807, 2.05) is 0 Å². The number of hydrogen-bond donors (Lipinski definition) is 2. The average molecular weight is 285 g/mol. The molecule has 1 atom stereocenters. The number of anilines is 1. The van der Waals surface area contributed by atoms with Gasteiger partial charge in [0.15, 0.2) is 9.84 Å². The standard InChI is InChI=1S/C11H15N3O2S2/c12-11(17)8-3-4-13-10(6-8)14-7-9-2-1-5-18(9,15)16/h3-4,6,9H,1-2,5,7H2,(H2,12,17)(H,13,14). The maximum atomic E-state index is 11.7. The van der Waals surface area contributed by atoms with Crippen LogP contribution in [0.3, 0.4) is 0 Å². The highest BCUT2D eigenvalue weighted by atomic mass is 32.2. The van der Waals surface area contributed by atoms with Gasteiger partial charge in [0.05, 0.1) is 11.0 Å². The summed E-state index contributed by atoms with van der Waals surface area (Å²) in [6.45, 7) is 0.385. The Bertz CT molecular complexity index is 557. The van der Waals surface area contributed by atoms with Gasteiger partial charge in [0.2, 0.25) is 0 Å². The van der Waals surface area contributed by atoms with Gasteiger partial charge in [-0.05, 0) is 25.0 Å². The molecule has 0 bridgehead atoms. The normalized spacial score (nSPS) is 21.7. The number of rotatable bonds is 4. The number of nitrogens with two attached hydrogens (primary N) is 1. The Morgan fingerprint density at radius 2 is 2.39 bits per heavy atom. The van der Waals surface area contributed by atoms with Gasteiger partial charge in [-0.3, -0.25) is 0 Å². The Labute approximate surface area is 112 Å². The van der Waals surface area contributed by atoms with Crippen molar-refractivity contribution in [3.05, 3.63) is 23.9 Å². The molecule has 0 saturated carbocycles. The Morgan fingerprint density at radius 1 is 1.61 bits per heavy atom. The fourth-order valence-electron chi connectivity index (χ4n) is 1.99. The van der Waals surface area contributed by atoms with Gasteiger partial charge in [0, 0.05) is 18.3 Å². The van der Waals surface area contributed by atoms with Crippen molar-refractivity contribution < 1.29 is 8.42 Å². The molecule has 98 valence electrons. The number of nitrogens with zero attached hydrogens (tertiary/aromatic N) is 1. The van der Waals surface area contributed by atoms with E-state index in [1.165, 1.54) is 0 Å². The lowest BCUT2D eigenvalue weighted by Gasteiger charge is -2.11. The third kappa shape index (κ3) is 2.97. The van der Waals surface area contributed by atoms with E-state index in [1.54, 1.807) is 18.3 Å². The van der Waals surface area contributed by atoms with Gasteiger partial charge in [-0.1, -0.05) is 12.2 Å². The summed E-state index contributed by atoms with van der Waals surface area (Å²) in [6.07, 6.45) is 3.05. The van der Waals surface area contributed by atoms with E-state index >= 15 is 0 Å². The Morgan fingerprint density at radius 3 is 3.00 bits per heavy atom. The topological polar surface area (TPSA) is 85.1 Å². The van der Waals surface area contributed by atoms with Crippen LogP contribution in [-0.4, -0.2) is 35.9 Å². The largest absolute Gasteiger partial charge is 0.389 e. The predicted molar refractivity (Wildman–Crippen MR) is 75.4 cm³/mol. The molecule has 0 amide bonds. The molecule has 7 heteroatoms. The fourth-order valence-corrected chi connectivity index (χ4v) is 3.88. The van der Waals surface area contributed by atoms with Crippen molar-refractivity contribution in [2.75, 3.05) is 17.6 Å². The number of pyridine rings is 1. The van der Waals surface area contributed by atoms with Crippen LogP contribution in [0.15, 0.2) is 18.3 Å². The van der Waals surface area contributed by atoms with Crippen LogP contribution in [0.2, 0.25) is 0 Å². The highest BCUT2D eigenvalue weighted by Gasteiger charge is 2.30. The molecular formula is C11H15N3O2S2. The first-order valence-corrected chi connectivity index (χ1v) is 7.83. The minimum Gasteiger partial charge on any atom is -0.389 e. The molecule has 0 spiro atoms. The van der Waals surface area contributed by atoms with E-state index in [-0.39, 0.29) is 5.25 Å². The number of aromatic nitrogens is 1. The molecular weight excluding hydrogens is 270 g/mol. The van der Waals surface area contributed by atoms with Gasteiger partial charge in [-0.25, -0.2) is 13.4 Å². The predicted octanol–water partition coefficient (Wildman–Crippen LogP) is 0.705.